The number of nitrogens with zero attached hydrogens (tertiary/aromatic N) is 2. The predicted molar refractivity (Wildman–Crippen MR) is 72.6 cm³/mol. The molecule has 0 radical (unpaired) electrons. The lowest BCUT2D eigenvalue weighted by atomic mass is 10.0. The first-order chi connectivity index (χ1) is 8.09. The number of para-hydroxylation sites is 1. The number of aromatic nitrogens is 1. The van der Waals surface area contributed by atoms with Gasteiger partial charge in [0.15, 0.2) is 0 Å². The Hall–Kier alpha value is -1.83. The predicted octanol–water partition coefficient (Wildman–Crippen LogP) is 4.02. The van der Waals surface area contributed by atoms with Crippen LogP contribution in [0.1, 0.15) is 20.8 Å². The highest BCUT2D eigenvalue weighted by Crippen LogP contribution is 2.31. The number of hydrogen-bond donors (Lipinski definition) is 0. The maximum atomic E-state index is 4.20. The summed E-state index contributed by atoms with van der Waals surface area (Å²) in [5.74, 6) is 0. The highest BCUT2D eigenvalue weighted by atomic mass is 15.2. The van der Waals surface area contributed by atoms with Crippen molar-refractivity contribution >= 4 is 11.4 Å². The van der Waals surface area contributed by atoms with Crippen molar-refractivity contribution in [2.24, 2.45) is 0 Å². The summed E-state index contributed by atoms with van der Waals surface area (Å²) < 4.78 is 0. The van der Waals surface area contributed by atoms with Crippen LogP contribution >= 0.6 is 0 Å². The summed E-state index contributed by atoms with van der Waals surface area (Å²) in [5, 5.41) is 0. The Bertz CT molecular complexity index is 418. The molecule has 2 nitrogen and oxygen atoms in total. The minimum atomic E-state index is 0.0182. The van der Waals surface area contributed by atoms with Crippen LogP contribution in [0.2, 0.25) is 0 Å². The number of hydrogen-bond acceptors (Lipinski definition) is 2. The molecular weight excluding hydrogens is 208 g/mol. The van der Waals surface area contributed by atoms with Crippen LogP contribution < -0.4 is 4.90 Å². The molecule has 0 aliphatic rings. The van der Waals surface area contributed by atoms with E-state index in [1.165, 1.54) is 5.69 Å². The molecule has 1 heterocycles. The lowest BCUT2D eigenvalue weighted by molar-refractivity contribution is 0.560. The van der Waals surface area contributed by atoms with E-state index < -0.39 is 0 Å². The molecule has 0 saturated carbocycles. The van der Waals surface area contributed by atoms with Crippen molar-refractivity contribution in [2.45, 2.75) is 26.3 Å². The van der Waals surface area contributed by atoms with Crippen LogP contribution in [0.25, 0.3) is 0 Å². The molecule has 2 heteroatoms. The Morgan fingerprint density at radius 2 is 1.53 bits per heavy atom. The van der Waals surface area contributed by atoms with Crippen LogP contribution in [0.3, 0.4) is 0 Å². The SMILES string of the molecule is CC(C)(C)N(c1ccccc1)c1cccnc1. The molecule has 0 spiro atoms. The minimum absolute atomic E-state index is 0.0182. The maximum Gasteiger partial charge on any atom is 0.0602 e. The smallest absolute Gasteiger partial charge is 0.0602 e. The third kappa shape index (κ3) is 2.64. The third-order valence-corrected chi connectivity index (χ3v) is 2.59. The maximum absolute atomic E-state index is 4.20. The summed E-state index contributed by atoms with van der Waals surface area (Å²) in [6, 6.07) is 14.5. The summed E-state index contributed by atoms with van der Waals surface area (Å²) in [7, 11) is 0. The molecule has 1 aromatic heterocycles. The van der Waals surface area contributed by atoms with Crippen molar-refractivity contribution in [2.75, 3.05) is 4.90 Å². The fraction of sp³-hybridized carbons (Fsp3) is 0.267. The molecule has 2 aromatic rings. The van der Waals surface area contributed by atoms with Gasteiger partial charge in [0.25, 0.3) is 0 Å². The van der Waals surface area contributed by atoms with Gasteiger partial charge in [0.1, 0.15) is 0 Å². The van der Waals surface area contributed by atoms with E-state index in [9.17, 15) is 0 Å². The van der Waals surface area contributed by atoms with Crippen molar-refractivity contribution in [3.8, 4) is 0 Å². The van der Waals surface area contributed by atoms with Gasteiger partial charge in [-0.15, -0.1) is 0 Å². The van der Waals surface area contributed by atoms with E-state index in [-0.39, 0.29) is 5.54 Å². The molecule has 0 aliphatic carbocycles. The van der Waals surface area contributed by atoms with Gasteiger partial charge in [-0.25, -0.2) is 0 Å². The molecule has 88 valence electrons. The molecular formula is C15H18N2. The van der Waals surface area contributed by atoms with Crippen LogP contribution in [0, 0.1) is 0 Å². The molecule has 0 fully saturated rings. The van der Waals surface area contributed by atoms with E-state index in [0.717, 1.165) is 5.69 Å². The van der Waals surface area contributed by atoms with Crippen molar-refractivity contribution < 1.29 is 0 Å². The fourth-order valence-corrected chi connectivity index (χ4v) is 1.99. The standard InChI is InChI=1S/C15H18N2/c1-15(2,3)17(13-8-5-4-6-9-13)14-10-7-11-16-12-14/h4-12H,1-3H3. The first-order valence-corrected chi connectivity index (χ1v) is 5.84. The van der Waals surface area contributed by atoms with Crippen molar-refractivity contribution in [1.82, 2.24) is 4.98 Å². The largest absolute Gasteiger partial charge is 0.335 e. The van der Waals surface area contributed by atoms with Crippen LogP contribution in [-0.4, -0.2) is 10.5 Å². The minimum Gasteiger partial charge on any atom is -0.335 e. The van der Waals surface area contributed by atoms with Crippen molar-refractivity contribution in [3.05, 3.63) is 54.9 Å². The van der Waals surface area contributed by atoms with Gasteiger partial charge in [0, 0.05) is 17.4 Å². The Labute approximate surface area is 103 Å². The summed E-state index contributed by atoms with van der Waals surface area (Å²) in [4.78, 5) is 6.49. The van der Waals surface area contributed by atoms with Crippen LogP contribution in [0.15, 0.2) is 54.9 Å². The Kier molecular flexibility index (Phi) is 3.14. The lowest BCUT2D eigenvalue weighted by Gasteiger charge is -2.37. The van der Waals surface area contributed by atoms with Gasteiger partial charge in [-0.1, -0.05) is 18.2 Å². The summed E-state index contributed by atoms with van der Waals surface area (Å²) in [6.45, 7) is 6.60. The molecule has 0 N–H and O–H groups in total. The second-order valence-corrected chi connectivity index (χ2v) is 5.05. The summed E-state index contributed by atoms with van der Waals surface area (Å²) in [6.07, 6.45) is 3.70. The van der Waals surface area contributed by atoms with Crippen molar-refractivity contribution in [3.63, 3.8) is 0 Å². The second-order valence-electron chi connectivity index (χ2n) is 5.05. The van der Waals surface area contributed by atoms with E-state index in [1.54, 1.807) is 6.20 Å². The highest BCUT2D eigenvalue weighted by Gasteiger charge is 2.23. The molecule has 0 saturated heterocycles. The normalized spacial score (nSPS) is 11.2. The van der Waals surface area contributed by atoms with Gasteiger partial charge in [-0.3, -0.25) is 4.98 Å². The number of rotatable bonds is 2. The molecule has 0 unspecified atom stereocenters. The number of benzene rings is 1. The first-order valence-electron chi connectivity index (χ1n) is 5.84. The van der Waals surface area contributed by atoms with E-state index in [2.05, 4.69) is 61.0 Å². The summed E-state index contributed by atoms with van der Waals surface area (Å²) in [5.41, 5.74) is 2.32. The summed E-state index contributed by atoms with van der Waals surface area (Å²) >= 11 is 0. The average molecular weight is 226 g/mol. The van der Waals surface area contributed by atoms with Gasteiger partial charge in [-0.2, -0.15) is 0 Å². The average Bonchev–Trinajstić information content (AvgIpc) is 2.30. The quantitative estimate of drug-likeness (QED) is 0.769. The fourth-order valence-electron chi connectivity index (χ4n) is 1.99. The van der Waals surface area contributed by atoms with Gasteiger partial charge in [0.05, 0.1) is 11.9 Å². The van der Waals surface area contributed by atoms with E-state index in [4.69, 9.17) is 0 Å². The zero-order valence-electron chi connectivity index (χ0n) is 10.6. The van der Waals surface area contributed by atoms with E-state index in [0.29, 0.717) is 0 Å². The lowest BCUT2D eigenvalue weighted by Crippen LogP contribution is -2.37. The molecule has 0 bridgehead atoms. The molecule has 0 aliphatic heterocycles. The molecule has 17 heavy (non-hydrogen) atoms. The zero-order chi connectivity index (χ0) is 12.3. The second kappa shape index (κ2) is 4.58. The Morgan fingerprint density at radius 3 is 2.06 bits per heavy atom. The molecule has 0 atom stereocenters. The number of pyridine rings is 1. The number of anilines is 2. The topological polar surface area (TPSA) is 16.1 Å². The van der Waals surface area contributed by atoms with Gasteiger partial charge < -0.3 is 4.90 Å². The molecule has 0 amide bonds. The Balaban J connectivity index is 2.48. The third-order valence-electron chi connectivity index (χ3n) is 2.59. The highest BCUT2D eigenvalue weighted by molar-refractivity contribution is 5.64. The Morgan fingerprint density at radius 1 is 0.882 bits per heavy atom. The van der Waals surface area contributed by atoms with Crippen LogP contribution in [0.5, 0.6) is 0 Å². The zero-order valence-corrected chi connectivity index (χ0v) is 10.6. The first kappa shape index (κ1) is 11.6. The van der Waals surface area contributed by atoms with Crippen LogP contribution in [0.4, 0.5) is 11.4 Å². The molecule has 2 rings (SSSR count). The van der Waals surface area contributed by atoms with Crippen LogP contribution in [-0.2, 0) is 0 Å². The van der Waals surface area contributed by atoms with E-state index >= 15 is 0 Å². The van der Waals surface area contributed by atoms with Gasteiger partial charge in [-0.05, 0) is 45.0 Å². The van der Waals surface area contributed by atoms with Gasteiger partial charge in [0.2, 0.25) is 0 Å². The molecule has 1 aromatic carbocycles. The van der Waals surface area contributed by atoms with Gasteiger partial charge >= 0.3 is 0 Å². The van der Waals surface area contributed by atoms with E-state index in [1.807, 2.05) is 18.3 Å². The van der Waals surface area contributed by atoms with Crippen molar-refractivity contribution in [1.29, 1.82) is 0 Å². The monoisotopic (exact) mass is 226 g/mol.